The van der Waals surface area contributed by atoms with Crippen molar-refractivity contribution in [2.24, 2.45) is 0 Å². The van der Waals surface area contributed by atoms with Gasteiger partial charge < -0.3 is 5.11 Å². The monoisotopic (exact) mass is 250 g/mol. The van der Waals surface area contributed by atoms with Gasteiger partial charge in [-0.25, -0.2) is 19.7 Å². The summed E-state index contributed by atoms with van der Waals surface area (Å²) in [4.78, 5) is 23.2. The Bertz CT molecular complexity index is 770. The highest BCUT2D eigenvalue weighted by Crippen LogP contribution is 2.16. The SMILES string of the molecule is [B]c1cc(-c2ncccn2)n2cc(C(=O)O)nc2c1. The highest BCUT2D eigenvalue weighted by atomic mass is 16.4. The van der Waals surface area contributed by atoms with Crippen LogP contribution in [0.2, 0.25) is 0 Å². The van der Waals surface area contributed by atoms with E-state index in [9.17, 15) is 4.79 Å². The first-order valence-corrected chi connectivity index (χ1v) is 5.44. The van der Waals surface area contributed by atoms with E-state index in [4.69, 9.17) is 13.0 Å². The number of hydrogen-bond acceptors (Lipinski definition) is 4. The summed E-state index contributed by atoms with van der Waals surface area (Å²) >= 11 is 0. The van der Waals surface area contributed by atoms with Gasteiger partial charge in [0.25, 0.3) is 0 Å². The molecule has 0 bridgehead atoms. The fraction of sp³-hybridized carbons (Fsp3) is 0. The lowest BCUT2D eigenvalue weighted by atomic mass is 9.96. The van der Waals surface area contributed by atoms with Gasteiger partial charge in [0.05, 0.1) is 5.69 Å². The Morgan fingerprint density at radius 3 is 2.68 bits per heavy atom. The van der Waals surface area contributed by atoms with E-state index in [-0.39, 0.29) is 5.69 Å². The molecular formula is C12H7BN4O2. The molecule has 19 heavy (non-hydrogen) atoms. The zero-order valence-electron chi connectivity index (χ0n) is 9.69. The van der Waals surface area contributed by atoms with Gasteiger partial charge in [-0.15, -0.1) is 0 Å². The van der Waals surface area contributed by atoms with Crippen molar-refractivity contribution in [2.45, 2.75) is 0 Å². The fourth-order valence-electron chi connectivity index (χ4n) is 1.81. The molecular weight excluding hydrogens is 243 g/mol. The molecule has 3 aromatic rings. The zero-order chi connectivity index (χ0) is 13.4. The number of carboxylic acids is 1. The predicted octanol–water partition coefficient (Wildman–Crippen LogP) is 0.283. The summed E-state index contributed by atoms with van der Waals surface area (Å²) < 4.78 is 1.61. The van der Waals surface area contributed by atoms with Crippen LogP contribution in [0.4, 0.5) is 0 Å². The molecule has 0 unspecified atom stereocenters. The van der Waals surface area contributed by atoms with Crippen LogP contribution < -0.4 is 5.46 Å². The Morgan fingerprint density at radius 1 is 1.26 bits per heavy atom. The summed E-state index contributed by atoms with van der Waals surface area (Å²) in [5.74, 6) is -0.642. The summed E-state index contributed by atoms with van der Waals surface area (Å²) in [6, 6.07) is 4.97. The number of imidazole rings is 1. The van der Waals surface area contributed by atoms with Crippen molar-refractivity contribution >= 4 is 24.9 Å². The molecule has 90 valence electrons. The van der Waals surface area contributed by atoms with Gasteiger partial charge in [-0.05, 0) is 18.2 Å². The second-order valence-electron chi connectivity index (χ2n) is 3.91. The van der Waals surface area contributed by atoms with E-state index < -0.39 is 5.97 Å². The Hall–Kier alpha value is -2.70. The molecule has 0 aromatic carbocycles. The van der Waals surface area contributed by atoms with E-state index in [1.54, 1.807) is 35.0 Å². The summed E-state index contributed by atoms with van der Waals surface area (Å²) in [6.07, 6.45) is 4.63. The van der Waals surface area contributed by atoms with Crippen molar-refractivity contribution < 1.29 is 9.90 Å². The third kappa shape index (κ3) is 1.95. The Morgan fingerprint density at radius 2 is 2.00 bits per heavy atom. The highest BCUT2D eigenvalue weighted by Gasteiger charge is 2.13. The topological polar surface area (TPSA) is 80.4 Å². The minimum absolute atomic E-state index is 0.0530. The smallest absolute Gasteiger partial charge is 0.356 e. The van der Waals surface area contributed by atoms with E-state index in [2.05, 4.69) is 15.0 Å². The first-order valence-electron chi connectivity index (χ1n) is 5.44. The van der Waals surface area contributed by atoms with E-state index in [1.165, 1.54) is 6.20 Å². The first kappa shape index (κ1) is 11.4. The summed E-state index contributed by atoms with van der Waals surface area (Å²) in [6.45, 7) is 0. The standard InChI is InChI=1S/C12H7BN4O2/c13-7-4-9(11-14-2-1-3-15-11)17-6-8(12(18)19)16-10(17)5-7/h1-6H,(H,18,19). The molecule has 0 atom stereocenters. The Kier molecular flexibility index (Phi) is 2.52. The molecule has 0 aliphatic heterocycles. The van der Waals surface area contributed by atoms with Crippen molar-refractivity contribution in [1.29, 1.82) is 0 Å². The number of aromatic carboxylic acids is 1. The van der Waals surface area contributed by atoms with Crippen molar-refractivity contribution in [1.82, 2.24) is 19.4 Å². The first-order chi connectivity index (χ1) is 9.15. The highest BCUT2D eigenvalue weighted by molar-refractivity contribution is 6.33. The maximum atomic E-state index is 11.0. The number of carboxylic acid groups (broad SMARTS) is 1. The largest absolute Gasteiger partial charge is 0.476 e. The summed E-state index contributed by atoms with van der Waals surface area (Å²) in [7, 11) is 5.79. The number of fused-ring (bicyclic) bond motifs is 1. The molecule has 3 aromatic heterocycles. The number of nitrogens with zero attached hydrogens (tertiary/aromatic N) is 4. The van der Waals surface area contributed by atoms with E-state index in [0.29, 0.717) is 22.6 Å². The van der Waals surface area contributed by atoms with Gasteiger partial charge in [-0.1, -0.05) is 5.46 Å². The molecule has 7 heteroatoms. The molecule has 3 rings (SSSR count). The maximum absolute atomic E-state index is 11.0. The molecule has 2 radical (unpaired) electrons. The Balaban J connectivity index is 2.32. The average molecular weight is 250 g/mol. The number of aromatic nitrogens is 4. The molecule has 0 aliphatic carbocycles. The minimum atomic E-state index is -1.10. The van der Waals surface area contributed by atoms with Crippen LogP contribution in [-0.4, -0.2) is 38.3 Å². The molecule has 0 fully saturated rings. The second-order valence-corrected chi connectivity index (χ2v) is 3.91. The van der Waals surface area contributed by atoms with Gasteiger partial charge in [0, 0.05) is 18.6 Å². The van der Waals surface area contributed by atoms with Crippen LogP contribution in [0.3, 0.4) is 0 Å². The Labute approximate surface area is 109 Å². The van der Waals surface area contributed by atoms with E-state index in [1.807, 2.05) is 0 Å². The van der Waals surface area contributed by atoms with Gasteiger partial charge in [-0.3, -0.25) is 4.40 Å². The van der Waals surface area contributed by atoms with Crippen LogP contribution in [0.5, 0.6) is 0 Å². The average Bonchev–Trinajstić information content (AvgIpc) is 2.82. The van der Waals surface area contributed by atoms with Crippen molar-refractivity contribution in [2.75, 3.05) is 0 Å². The molecule has 0 saturated heterocycles. The quantitative estimate of drug-likeness (QED) is 0.661. The lowest BCUT2D eigenvalue weighted by molar-refractivity contribution is 0.0691. The number of rotatable bonds is 2. The summed E-state index contributed by atoms with van der Waals surface area (Å²) in [5.41, 5.74) is 1.45. The van der Waals surface area contributed by atoms with Crippen molar-refractivity contribution in [3.05, 3.63) is 42.5 Å². The van der Waals surface area contributed by atoms with Crippen LogP contribution in [0.25, 0.3) is 17.2 Å². The maximum Gasteiger partial charge on any atom is 0.356 e. The van der Waals surface area contributed by atoms with Gasteiger partial charge in [0.2, 0.25) is 0 Å². The number of carbonyl (C=O) groups is 1. The van der Waals surface area contributed by atoms with Crippen LogP contribution >= 0.6 is 0 Å². The third-order valence-corrected chi connectivity index (χ3v) is 2.61. The number of pyridine rings is 1. The number of hydrogen-bond donors (Lipinski definition) is 1. The van der Waals surface area contributed by atoms with Crippen molar-refractivity contribution in [3.63, 3.8) is 0 Å². The van der Waals surface area contributed by atoms with Gasteiger partial charge in [0.15, 0.2) is 11.5 Å². The van der Waals surface area contributed by atoms with Crippen LogP contribution in [0.1, 0.15) is 10.5 Å². The molecule has 6 nitrogen and oxygen atoms in total. The lowest BCUT2D eigenvalue weighted by Gasteiger charge is -2.05. The van der Waals surface area contributed by atoms with Gasteiger partial charge in [0.1, 0.15) is 13.5 Å². The molecule has 0 aliphatic rings. The fourth-order valence-corrected chi connectivity index (χ4v) is 1.81. The minimum Gasteiger partial charge on any atom is -0.476 e. The van der Waals surface area contributed by atoms with E-state index >= 15 is 0 Å². The third-order valence-electron chi connectivity index (χ3n) is 2.61. The molecule has 0 saturated carbocycles. The van der Waals surface area contributed by atoms with Gasteiger partial charge >= 0.3 is 5.97 Å². The second kappa shape index (κ2) is 4.20. The van der Waals surface area contributed by atoms with Crippen LogP contribution in [0.15, 0.2) is 36.8 Å². The molecule has 3 heterocycles. The lowest BCUT2D eigenvalue weighted by Crippen LogP contribution is -2.07. The molecule has 0 amide bonds. The van der Waals surface area contributed by atoms with Crippen molar-refractivity contribution in [3.8, 4) is 11.5 Å². The van der Waals surface area contributed by atoms with E-state index in [0.717, 1.165) is 0 Å². The molecule has 1 N–H and O–H groups in total. The van der Waals surface area contributed by atoms with Crippen LogP contribution in [-0.2, 0) is 0 Å². The summed E-state index contributed by atoms with van der Waals surface area (Å²) in [5, 5.41) is 8.98. The zero-order valence-corrected chi connectivity index (χ0v) is 9.69. The predicted molar refractivity (Wildman–Crippen MR) is 68.6 cm³/mol. The molecule has 0 spiro atoms. The van der Waals surface area contributed by atoms with Gasteiger partial charge in [-0.2, -0.15) is 0 Å². The normalized spacial score (nSPS) is 10.7. The van der Waals surface area contributed by atoms with Crippen LogP contribution in [0, 0.1) is 0 Å².